The first-order chi connectivity index (χ1) is 8.00. The maximum absolute atomic E-state index is 11.8. The van der Waals surface area contributed by atoms with Crippen LogP contribution >= 0.6 is 0 Å². The van der Waals surface area contributed by atoms with Crippen LogP contribution in [0.2, 0.25) is 0 Å². The lowest BCUT2D eigenvalue weighted by Crippen LogP contribution is -2.26. The highest BCUT2D eigenvalue weighted by Gasteiger charge is 2.31. The van der Waals surface area contributed by atoms with Crippen molar-refractivity contribution in [3.63, 3.8) is 0 Å². The van der Waals surface area contributed by atoms with Crippen molar-refractivity contribution in [2.75, 3.05) is 11.4 Å². The quantitative estimate of drug-likeness (QED) is 0.733. The normalized spacial score (nSPS) is 16.1. The molecule has 0 unspecified atom stereocenters. The predicted octanol–water partition coefficient (Wildman–Crippen LogP) is 2.42. The zero-order valence-corrected chi connectivity index (χ0v) is 10.5. The van der Waals surface area contributed by atoms with Gasteiger partial charge in [-0.25, -0.2) is 0 Å². The summed E-state index contributed by atoms with van der Waals surface area (Å²) in [6.45, 7) is 6.40. The third-order valence-corrected chi connectivity index (χ3v) is 3.14. The molecule has 1 fully saturated rings. The van der Waals surface area contributed by atoms with Crippen LogP contribution in [0.15, 0.2) is 18.2 Å². The van der Waals surface area contributed by atoms with Crippen LogP contribution in [0.5, 0.6) is 0 Å². The van der Waals surface area contributed by atoms with Gasteiger partial charge in [0, 0.05) is 0 Å². The number of carbonyl (C=O) groups is 2. The maximum atomic E-state index is 11.8. The van der Waals surface area contributed by atoms with Gasteiger partial charge in [-0.05, 0) is 24.0 Å². The first-order valence-electron chi connectivity index (χ1n) is 5.92. The second-order valence-electron chi connectivity index (χ2n) is 4.86. The molecule has 0 bridgehead atoms. The molecule has 1 aromatic rings. The molecule has 0 spiro atoms. The Morgan fingerprint density at radius 3 is 2.47 bits per heavy atom. The van der Waals surface area contributed by atoms with E-state index in [0.717, 1.165) is 16.8 Å². The van der Waals surface area contributed by atoms with Crippen molar-refractivity contribution in [1.29, 1.82) is 0 Å². The monoisotopic (exact) mass is 231 g/mol. The lowest BCUT2D eigenvalue weighted by atomic mass is 9.97. The number of ketones is 1. The van der Waals surface area contributed by atoms with E-state index in [2.05, 4.69) is 13.8 Å². The van der Waals surface area contributed by atoms with Crippen molar-refractivity contribution in [3.8, 4) is 0 Å². The molecule has 3 nitrogen and oxygen atoms in total. The minimum atomic E-state index is -0.0776. The molecule has 1 aliphatic rings. The van der Waals surface area contributed by atoms with Gasteiger partial charge in [0.2, 0.25) is 5.91 Å². The molecule has 17 heavy (non-hydrogen) atoms. The first kappa shape index (κ1) is 11.8. The lowest BCUT2D eigenvalue weighted by Gasteiger charge is -2.23. The predicted molar refractivity (Wildman–Crippen MR) is 67.2 cm³/mol. The maximum Gasteiger partial charge on any atom is 0.234 e. The molecule has 0 radical (unpaired) electrons. The third-order valence-electron chi connectivity index (χ3n) is 3.14. The summed E-state index contributed by atoms with van der Waals surface area (Å²) >= 11 is 0. The number of Topliss-reactive ketones (excluding diaryl/α,β-unsaturated/α-hetero) is 1. The van der Waals surface area contributed by atoms with E-state index in [1.807, 2.05) is 25.1 Å². The highest BCUT2D eigenvalue weighted by Crippen LogP contribution is 2.32. The molecule has 2 rings (SSSR count). The Morgan fingerprint density at radius 2 is 1.94 bits per heavy atom. The minimum Gasteiger partial charge on any atom is -0.304 e. The summed E-state index contributed by atoms with van der Waals surface area (Å²) in [7, 11) is 0. The van der Waals surface area contributed by atoms with Crippen LogP contribution in [0.4, 0.5) is 5.69 Å². The molecule has 0 saturated carbocycles. The van der Waals surface area contributed by atoms with Gasteiger partial charge in [0.15, 0.2) is 5.78 Å². The standard InChI is InChI=1S/C14H17NO2/c1-9(2)12-6-4-5-10(3)14(12)15-8-11(16)7-13(15)17/h4-6,9H,7-8H2,1-3H3. The number of amides is 1. The third kappa shape index (κ3) is 2.09. The molecule has 1 aromatic carbocycles. The average Bonchev–Trinajstić information content (AvgIpc) is 2.57. The number of carbonyl (C=O) groups excluding carboxylic acids is 2. The molecular weight excluding hydrogens is 214 g/mol. The number of nitrogens with zero attached hydrogens (tertiary/aromatic N) is 1. The molecular formula is C14H17NO2. The summed E-state index contributed by atoms with van der Waals surface area (Å²) in [5.41, 5.74) is 3.12. The summed E-state index contributed by atoms with van der Waals surface area (Å²) < 4.78 is 0. The van der Waals surface area contributed by atoms with Gasteiger partial charge in [-0.1, -0.05) is 32.0 Å². The van der Waals surface area contributed by atoms with Crippen molar-refractivity contribution in [2.45, 2.75) is 33.1 Å². The van der Waals surface area contributed by atoms with Crippen LogP contribution in [0.3, 0.4) is 0 Å². The van der Waals surface area contributed by atoms with Gasteiger partial charge >= 0.3 is 0 Å². The van der Waals surface area contributed by atoms with E-state index >= 15 is 0 Å². The summed E-state index contributed by atoms with van der Waals surface area (Å²) in [6.07, 6.45) is 0.0475. The Bertz CT molecular complexity index is 477. The molecule has 3 heteroatoms. The van der Waals surface area contributed by atoms with E-state index in [4.69, 9.17) is 0 Å². The number of hydrogen-bond acceptors (Lipinski definition) is 2. The van der Waals surface area contributed by atoms with Crippen molar-refractivity contribution in [2.24, 2.45) is 0 Å². The van der Waals surface area contributed by atoms with Gasteiger partial charge in [0.1, 0.15) is 0 Å². The smallest absolute Gasteiger partial charge is 0.234 e. The number of rotatable bonds is 2. The van der Waals surface area contributed by atoms with Crippen LogP contribution in [-0.4, -0.2) is 18.2 Å². The molecule has 1 amide bonds. The van der Waals surface area contributed by atoms with Crippen LogP contribution in [0.25, 0.3) is 0 Å². The number of para-hydroxylation sites is 1. The van der Waals surface area contributed by atoms with Crippen LogP contribution in [-0.2, 0) is 9.59 Å². The molecule has 0 atom stereocenters. The molecule has 1 heterocycles. The number of benzene rings is 1. The molecule has 1 saturated heterocycles. The van der Waals surface area contributed by atoms with E-state index in [9.17, 15) is 9.59 Å². The van der Waals surface area contributed by atoms with E-state index in [0.29, 0.717) is 5.92 Å². The van der Waals surface area contributed by atoms with Crippen LogP contribution in [0.1, 0.15) is 37.3 Å². The highest BCUT2D eigenvalue weighted by atomic mass is 16.2. The minimum absolute atomic E-state index is 0.00737. The Morgan fingerprint density at radius 1 is 1.24 bits per heavy atom. The van der Waals surface area contributed by atoms with E-state index < -0.39 is 0 Å². The van der Waals surface area contributed by atoms with Crippen molar-refractivity contribution in [3.05, 3.63) is 29.3 Å². The Kier molecular flexibility index (Phi) is 3.01. The summed E-state index contributed by atoms with van der Waals surface area (Å²) in [5.74, 6) is 0.271. The van der Waals surface area contributed by atoms with Gasteiger partial charge in [-0.3, -0.25) is 9.59 Å². The van der Waals surface area contributed by atoms with Crippen molar-refractivity contribution >= 4 is 17.4 Å². The lowest BCUT2D eigenvalue weighted by molar-refractivity contribution is -0.121. The molecule has 0 aliphatic carbocycles. The topological polar surface area (TPSA) is 37.4 Å². The van der Waals surface area contributed by atoms with Gasteiger partial charge in [-0.15, -0.1) is 0 Å². The fraction of sp³-hybridized carbons (Fsp3) is 0.429. The second kappa shape index (κ2) is 4.32. The zero-order chi connectivity index (χ0) is 12.6. The van der Waals surface area contributed by atoms with Crippen molar-refractivity contribution < 1.29 is 9.59 Å². The second-order valence-corrected chi connectivity index (χ2v) is 4.86. The van der Waals surface area contributed by atoms with E-state index in [1.165, 1.54) is 0 Å². The SMILES string of the molecule is Cc1cccc(C(C)C)c1N1CC(=O)CC1=O. The van der Waals surface area contributed by atoms with Gasteiger partial charge < -0.3 is 4.90 Å². The largest absolute Gasteiger partial charge is 0.304 e. The fourth-order valence-corrected chi connectivity index (χ4v) is 2.30. The fourth-order valence-electron chi connectivity index (χ4n) is 2.30. The van der Waals surface area contributed by atoms with E-state index in [1.54, 1.807) is 4.90 Å². The average molecular weight is 231 g/mol. The summed E-state index contributed by atoms with van der Waals surface area (Å²) in [4.78, 5) is 24.8. The first-order valence-corrected chi connectivity index (χ1v) is 5.92. The Balaban J connectivity index is 2.51. The van der Waals surface area contributed by atoms with E-state index in [-0.39, 0.29) is 24.7 Å². The summed E-state index contributed by atoms with van der Waals surface area (Å²) in [6, 6.07) is 6.01. The summed E-state index contributed by atoms with van der Waals surface area (Å²) in [5, 5.41) is 0. The highest BCUT2D eigenvalue weighted by molar-refractivity contribution is 6.15. The van der Waals surface area contributed by atoms with Gasteiger partial charge in [0.25, 0.3) is 0 Å². The van der Waals surface area contributed by atoms with Gasteiger partial charge in [-0.2, -0.15) is 0 Å². The zero-order valence-electron chi connectivity index (χ0n) is 10.5. The van der Waals surface area contributed by atoms with Crippen LogP contribution < -0.4 is 4.90 Å². The van der Waals surface area contributed by atoms with Crippen LogP contribution in [0, 0.1) is 6.92 Å². The Hall–Kier alpha value is -1.64. The molecule has 0 N–H and O–H groups in total. The number of aryl methyl sites for hydroxylation is 1. The molecule has 0 aromatic heterocycles. The Labute approximate surface area is 101 Å². The number of anilines is 1. The van der Waals surface area contributed by atoms with Crippen molar-refractivity contribution in [1.82, 2.24) is 0 Å². The van der Waals surface area contributed by atoms with Gasteiger partial charge in [0.05, 0.1) is 18.7 Å². The molecule has 90 valence electrons. The number of hydrogen-bond donors (Lipinski definition) is 0. The molecule has 1 aliphatic heterocycles.